The molecule has 1 N–H and O–H groups in total. The van der Waals surface area contributed by atoms with Crippen LogP contribution in [0.5, 0.6) is 5.75 Å². The topological polar surface area (TPSA) is 23.5 Å². The number of halogens is 3. The molecule has 1 aromatic rings. The summed E-state index contributed by atoms with van der Waals surface area (Å²) < 4.78 is 37.1. The van der Waals surface area contributed by atoms with Gasteiger partial charge in [-0.25, -0.2) is 0 Å². The molecule has 0 aliphatic carbocycles. The first-order valence-corrected chi connectivity index (χ1v) is 4.08. The fourth-order valence-electron chi connectivity index (χ4n) is 1.17. The molecular weight excluding hydrogens is 195 g/mol. The minimum atomic E-state index is -4.41. The van der Waals surface area contributed by atoms with Crippen LogP contribution < -0.4 is 4.90 Å². The predicted molar refractivity (Wildman–Crippen MR) is 47.2 cm³/mol. The van der Waals surface area contributed by atoms with Crippen molar-refractivity contribution in [2.45, 2.75) is 13.2 Å². The smallest absolute Gasteiger partial charge is 0.484 e. The Morgan fingerprint density at radius 3 is 2.43 bits per heavy atom. The highest BCUT2D eigenvalue weighted by atomic mass is 19.4. The molecule has 0 spiro atoms. The van der Waals surface area contributed by atoms with Crippen molar-refractivity contribution < 1.29 is 18.3 Å². The van der Waals surface area contributed by atoms with Crippen LogP contribution in [0, 0.1) is 0 Å². The molecule has 0 fully saturated rings. The van der Waals surface area contributed by atoms with E-state index in [0.29, 0.717) is 0 Å². The Hall–Kier alpha value is -1.39. The van der Waals surface area contributed by atoms with E-state index in [1.807, 2.05) is 0 Å². The standard InChI is InChI=1S/C9H10F3NO/c1-2-13(9(10,11)12)7-4-3-5-8(14)6-7/h3-6,14H,2H2,1H3. The second-order valence-electron chi connectivity index (χ2n) is 2.73. The van der Waals surface area contributed by atoms with Gasteiger partial charge in [0, 0.05) is 18.3 Å². The molecule has 14 heavy (non-hydrogen) atoms. The summed E-state index contributed by atoms with van der Waals surface area (Å²) in [7, 11) is 0. The number of benzene rings is 1. The average Bonchev–Trinajstić information content (AvgIpc) is 2.02. The molecule has 0 saturated heterocycles. The van der Waals surface area contributed by atoms with Crippen molar-refractivity contribution in [1.82, 2.24) is 0 Å². The van der Waals surface area contributed by atoms with Gasteiger partial charge < -0.3 is 5.11 Å². The highest BCUT2D eigenvalue weighted by molar-refractivity contribution is 5.50. The molecule has 1 aromatic carbocycles. The van der Waals surface area contributed by atoms with Gasteiger partial charge in [0.25, 0.3) is 0 Å². The van der Waals surface area contributed by atoms with Crippen LogP contribution in [0.15, 0.2) is 24.3 Å². The maximum Gasteiger partial charge on any atom is 0.484 e. The predicted octanol–water partition coefficient (Wildman–Crippen LogP) is 2.74. The van der Waals surface area contributed by atoms with Crippen LogP contribution in [-0.4, -0.2) is 18.0 Å². The number of aromatic hydroxyl groups is 1. The zero-order valence-corrected chi connectivity index (χ0v) is 7.54. The zero-order valence-electron chi connectivity index (χ0n) is 7.54. The van der Waals surface area contributed by atoms with Crippen molar-refractivity contribution in [2.24, 2.45) is 0 Å². The third kappa shape index (κ3) is 2.31. The molecule has 78 valence electrons. The number of anilines is 1. The van der Waals surface area contributed by atoms with E-state index in [2.05, 4.69) is 0 Å². The Balaban J connectivity index is 3.01. The third-order valence-corrected chi connectivity index (χ3v) is 1.76. The van der Waals surface area contributed by atoms with Crippen molar-refractivity contribution in [2.75, 3.05) is 11.4 Å². The van der Waals surface area contributed by atoms with Gasteiger partial charge in [-0.3, -0.25) is 4.90 Å². The fourth-order valence-corrected chi connectivity index (χ4v) is 1.17. The summed E-state index contributed by atoms with van der Waals surface area (Å²) in [5.41, 5.74) is -0.0556. The van der Waals surface area contributed by atoms with E-state index in [4.69, 9.17) is 5.11 Å². The van der Waals surface area contributed by atoms with Crippen LogP contribution >= 0.6 is 0 Å². The van der Waals surface area contributed by atoms with E-state index in [-0.39, 0.29) is 22.9 Å². The van der Waals surface area contributed by atoms with Crippen LogP contribution in [0.3, 0.4) is 0 Å². The monoisotopic (exact) mass is 205 g/mol. The van der Waals surface area contributed by atoms with Crippen LogP contribution in [-0.2, 0) is 0 Å². The van der Waals surface area contributed by atoms with E-state index < -0.39 is 6.30 Å². The second kappa shape index (κ2) is 3.77. The number of rotatable bonds is 2. The lowest BCUT2D eigenvalue weighted by Crippen LogP contribution is -2.37. The Bertz CT molecular complexity index is 311. The molecule has 5 heteroatoms. The van der Waals surface area contributed by atoms with Gasteiger partial charge in [-0.15, -0.1) is 0 Å². The van der Waals surface area contributed by atoms with E-state index >= 15 is 0 Å². The molecule has 0 heterocycles. The van der Waals surface area contributed by atoms with Crippen molar-refractivity contribution in [1.29, 1.82) is 0 Å². The molecule has 0 aliphatic rings. The molecule has 1 rings (SSSR count). The lowest BCUT2D eigenvalue weighted by atomic mass is 10.3. The van der Waals surface area contributed by atoms with Crippen LogP contribution in [0.2, 0.25) is 0 Å². The Morgan fingerprint density at radius 1 is 1.36 bits per heavy atom. The van der Waals surface area contributed by atoms with E-state index in [1.165, 1.54) is 25.1 Å². The summed E-state index contributed by atoms with van der Waals surface area (Å²) in [6, 6.07) is 5.08. The molecule has 0 amide bonds. The summed E-state index contributed by atoms with van der Waals surface area (Å²) in [5, 5.41) is 9.03. The highest BCUT2D eigenvalue weighted by Gasteiger charge is 2.36. The summed E-state index contributed by atoms with van der Waals surface area (Å²) in [6.45, 7) is 1.21. The van der Waals surface area contributed by atoms with Crippen LogP contribution in [0.25, 0.3) is 0 Å². The normalized spacial score (nSPS) is 11.4. The average molecular weight is 205 g/mol. The molecule has 0 atom stereocenters. The quantitative estimate of drug-likeness (QED) is 0.750. The van der Waals surface area contributed by atoms with Gasteiger partial charge in [-0.05, 0) is 19.1 Å². The van der Waals surface area contributed by atoms with Gasteiger partial charge in [0.05, 0.1) is 0 Å². The maximum atomic E-state index is 12.4. The molecule has 0 saturated carbocycles. The number of phenols is 1. The van der Waals surface area contributed by atoms with E-state index in [0.717, 1.165) is 6.07 Å². The van der Waals surface area contributed by atoms with Crippen molar-refractivity contribution in [3.63, 3.8) is 0 Å². The zero-order chi connectivity index (χ0) is 10.8. The Morgan fingerprint density at radius 2 is 2.00 bits per heavy atom. The molecule has 0 bridgehead atoms. The number of hydrogen-bond donors (Lipinski definition) is 1. The minimum Gasteiger partial charge on any atom is -0.508 e. The Labute approximate surface area is 79.6 Å². The van der Waals surface area contributed by atoms with Crippen molar-refractivity contribution >= 4 is 5.69 Å². The van der Waals surface area contributed by atoms with Gasteiger partial charge in [-0.2, -0.15) is 13.2 Å². The van der Waals surface area contributed by atoms with Crippen molar-refractivity contribution in [3.8, 4) is 5.75 Å². The number of alkyl halides is 3. The first kappa shape index (κ1) is 10.7. The molecular formula is C9H10F3NO. The highest BCUT2D eigenvalue weighted by Crippen LogP contribution is 2.29. The first-order chi connectivity index (χ1) is 6.45. The number of phenolic OH excluding ortho intramolecular Hbond substituents is 1. The largest absolute Gasteiger partial charge is 0.508 e. The van der Waals surface area contributed by atoms with Crippen molar-refractivity contribution in [3.05, 3.63) is 24.3 Å². The van der Waals surface area contributed by atoms with E-state index in [9.17, 15) is 13.2 Å². The SMILES string of the molecule is CCN(c1cccc(O)c1)C(F)(F)F. The molecule has 0 aromatic heterocycles. The second-order valence-corrected chi connectivity index (χ2v) is 2.73. The minimum absolute atomic E-state index is 0.0556. The fraction of sp³-hybridized carbons (Fsp3) is 0.333. The van der Waals surface area contributed by atoms with Gasteiger partial charge >= 0.3 is 6.30 Å². The van der Waals surface area contributed by atoms with Gasteiger partial charge in [-0.1, -0.05) is 6.07 Å². The molecule has 0 radical (unpaired) electrons. The summed E-state index contributed by atoms with van der Waals surface area (Å²) in [6.07, 6.45) is -4.41. The lowest BCUT2D eigenvalue weighted by molar-refractivity contribution is -0.128. The molecule has 2 nitrogen and oxygen atoms in total. The van der Waals surface area contributed by atoms with Gasteiger partial charge in [0.1, 0.15) is 5.75 Å². The van der Waals surface area contributed by atoms with E-state index in [1.54, 1.807) is 0 Å². The van der Waals surface area contributed by atoms with Crippen LogP contribution in [0.4, 0.5) is 18.9 Å². The molecule has 0 unspecified atom stereocenters. The van der Waals surface area contributed by atoms with Crippen LogP contribution in [0.1, 0.15) is 6.92 Å². The lowest BCUT2D eigenvalue weighted by Gasteiger charge is -2.25. The maximum absolute atomic E-state index is 12.4. The summed E-state index contributed by atoms with van der Waals surface area (Å²) >= 11 is 0. The third-order valence-electron chi connectivity index (χ3n) is 1.76. The summed E-state index contributed by atoms with van der Waals surface area (Å²) in [5.74, 6) is -0.176. The van der Waals surface area contributed by atoms with Gasteiger partial charge in [0.15, 0.2) is 0 Å². The van der Waals surface area contributed by atoms with Gasteiger partial charge in [0.2, 0.25) is 0 Å². The number of nitrogens with zero attached hydrogens (tertiary/aromatic N) is 1. The Kier molecular flexibility index (Phi) is 2.88. The number of hydrogen-bond acceptors (Lipinski definition) is 2. The summed E-state index contributed by atoms with van der Waals surface area (Å²) in [4.78, 5) is 0.257. The molecule has 0 aliphatic heterocycles. The first-order valence-electron chi connectivity index (χ1n) is 4.08.